The fourth-order valence-corrected chi connectivity index (χ4v) is 4.87. The van der Waals surface area contributed by atoms with Gasteiger partial charge in [0.1, 0.15) is 16.3 Å². The first kappa shape index (κ1) is 26.8. The summed E-state index contributed by atoms with van der Waals surface area (Å²) in [6.45, 7) is 5.62. The van der Waals surface area contributed by atoms with Crippen molar-refractivity contribution in [2.45, 2.75) is 42.6 Å². The number of carboxylic acids is 1. The summed E-state index contributed by atoms with van der Waals surface area (Å²) in [6.07, 6.45) is -4.14. The molecule has 0 saturated carbocycles. The van der Waals surface area contributed by atoms with Gasteiger partial charge in [0.15, 0.2) is 4.34 Å². The molecule has 0 spiro atoms. The minimum Gasteiger partial charge on any atom is -0.480 e. The lowest BCUT2D eigenvalue weighted by molar-refractivity contribution is -0.274. The number of thiazole rings is 1. The van der Waals surface area contributed by atoms with Crippen LogP contribution < -0.4 is 10.1 Å². The van der Waals surface area contributed by atoms with Crippen LogP contribution in [-0.2, 0) is 11.2 Å². The Morgan fingerprint density at radius 1 is 1.27 bits per heavy atom. The molecule has 0 fully saturated rings. The summed E-state index contributed by atoms with van der Waals surface area (Å²) in [4.78, 5) is 15.8. The molecule has 2 N–H and O–H groups in total. The van der Waals surface area contributed by atoms with Gasteiger partial charge in [-0.05, 0) is 45.0 Å². The summed E-state index contributed by atoms with van der Waals surface area (Å²) in [5.74, 6) is -0.519. The van der Waals surface area contributed by atoms with Crippen molar-refractivity contribution in [3.05, 3.63) is 47.1 Å². The average molecular weight is 523 g/mol. The topological polar surface area (TPSA) is 89.3 Å². The first-order valence-corrected chi connectivity index (χ1v) is 11.2. The van der Waals surface area contributed by atoms with E-state index in [1.54, 1.807) is 18.5 Å². The van der Waals surface area contributed by atoms with Gasteiger partial charge in [0, 0.05) is 24.4 Å². The van der Waals surface area contributed by atoms with Crippen LogP contribution in [-0.4, -0.2) is 43.5 Å². The van der Waals surface area contributed by atoms with Gasteiger partial charge < -0.3 is 15.2 Å². The van der Waals surface area contributed by atoms with Crippen LogP contribution in [0.4, 0.5) is 19.0 Å². The van der Waals surface area contributed by atoms with E-state index < -0.39 is 17.1 Å². The van der Waals surface area contributed by atoms with Gasteiger partial charge in [0.25, 0.3) is 0 Å². The number of thioether (sulfide) groups is 1. The average Bonchev–Trinajstić information content (AvgIpc) is 3.27. The summed E-state index contributed by atoms with van der Waals surface area (Å²) >= 11 is 2.61. The van der Waals surface area contributed by atoms with E-state index in [4.69, 9.17) is 0 Å². The van der Waals surface area contributed by atoms with Gasteiger partial charge in [0.2, 0.25) is 0 Å². The lowest BCUT2D eigenvalue weighted by Gasteiger charge is -2.15. The Balaban J connectivity index is 0.00000385. The monoisotopic (exact) mass is 522 g/mol. The number of ether oxygens (including phenoxy) is 1. The van der Waals surface area contributed by atoms with E-state index >= 15 is 0 Å². The molecule has 2 aromatic heterocycles. The minimum absolute atomic E-state index is 0. The van der Waals surface area contributed by atoms with Gasteiger partial charge in [-0.1, -0.05) is 11.8 Å². The Morgan fingerprint density at radius 3 is 2.55 bits per heavy atom. The predicted octanol–water partition coefficient (Wildman–Crippen LogP) is 5.57. The third-order valence-corrected chi connectivity index (χ3v) is 6.39. The number of hydrogen-bond donors (Lipinski definition) is 2. The molecular weight excluding hydrogens is 501 g/mol. The van der Waals surface area contributed by atoms with Crippen LogP contribution in [0, 0.1) is 6.92 Å². The Hall–Kier alpha value is -2.44. The van der Waals surface area contributed by atoms with E-state index in [-0.39, 0.29) is 18.2 Å². The molecule has 1 aromatic carbocycles. The van der Waals surface area contributed by atoms with Crippen molar-refractivity contribution >= 4 is 47.3 Å². The molecule has 13 heteroatoms. The Labute approximate surface area is 202 Å². The molecule has 33 heavy (non-hydrogen) atoms. The fourth-order valence-electron chi connectivity index (χ4n) is 2.64. The SMILES string of the molecule is Cc1cc(NCCc2csc(SC(C)(C)C(=O)O)n2)n(-c2ccc(OC(F)(F)F)cc2)n1.Cl. The second-order valence-electron chi connectivity index (χ2n) is 7.32. The number of carboxylic acid groups (broad SMARTS) is 1. The van der Waals surface area contributed by atoms with Gasteiger partial charge in [-0.25, -0.2) is 9.67 Å². The van der Waals surface area contributed by atoms with Crippen molar-refractivity contribution < 1.29 is 27.8 Å². The summed E-state index contributed by atoms with van der Waals surface area (Å²) in [6, 6.07) is 7.28. The maximum absolute atomic E-state index is 12.3. The second kappa shape index (κ2) is 10.7. The molecule has 0 unspecified atom stereocenters. The lowest BCUT2D eigenvalue weighted by atomic mass is 10.2. The standard InChI is InChI=1S/C20H21F3N4O3S2.ClH/c1-12-10-16(27(26-12)14-4-6-15(7-5-14)30-20(21,22)23)24-9-8-13-11-31-18(25-13)32-19(2,3)17(28)29;/h4-7,10-11,24H,8-9H2,1-3H3,(H,28,29);1H. The largest absolute Gasteiger partial charge is 0.573 e. The number of aromatic nitrogens is 3. The van der Waals surface area contributed by atoms with Crippen molar-refractivity contribution in [3.63, 3.8) is 0 Å². The molecule has 0 bridgehead atoms. The van der Waals surface area contributed by atoms with Crippen molar-refractivity contribution in [2.24, 2.45) is 0 Å². The van der Waals surface area contributed by atoms with Crippen LogP contribution in [0.15, 0.2) is 40.1 Å². The first-order chi connectivity index (χ1) is 14.9. The molecule has 0 radical (unpaired) electrons. The highest BCUT2D eigenvalue weighted by Crippen LogP contribution is 2.34. The van der Waals surface area contributed by atoms with Crippen LogP contribution in [0.2, 0.25) is 0 Å². The number of alkyl halides is 3. The van der Waals surface area contributed by atoms with E-state index in [0.717, 1.165) is 11.4 Å². The quantitative estimate of drug-likeness (QED) is 0.355. The number of nitrogens with zero attached hydrogens (tertiary/aromatic N) is 3. The number of halogens is 4. The van der Waals surface area contributed by atoms with Crippen molar-refractivity contribution in [1.29, 1.82) is 0 Å². The predicted molar refractivity (Wildman–Crippen MR) is 124 cm³/mol. The van der Waals surface area contributed by atoms with Crippen LogP contribution in [0.1, 0.15) is 25.2 Å². The van der Waals surface area contributed by atoms with Crippen molar-refractivity contribution in [1.82, 2.24) is 14.8 Å². The molecule has 0 amide bonds. The molecule has 0 atom stereocenters. The summed E-state index contributed by atoms with van der Waals surface area (Å²) in [7, 11) is 0. The number of rotatable bonds is 9. The number of aliphatic carboxylic acids is 1. The number of anilines is 1. The summed E-state index contributed by atoms with van der Waals surface area (Å²) in [5.41, 5.74) is 2.16. The lowest BCUT2D eigenvalue weighted by Crippen LogP contribution is -2.26. The van der Waals surface area contributed by atoms with Crippen molar-refractivity contribution in [3.8, 4) is 11.4 Å². The van der Waals surface area contributed by atoms with Crippen LogP contribution in [0.3, 0.4) is 0 Å². The smallest absolute Gasteiger partial charge is 0.480 e. The third kappa shape index (κ3) is 7.54. The van der Waals surface area contributed by atoms with E-state index in [0.29, 0.717) is 28.8 Å². The molecule has 3 rings (SSSR count). The Kier molecular flexibility index (Phi) is 8.66. The molecule has 0 saturated heterocycles. The van der Waals surface area contributed by atoms with E-state index in [2.05, 4.69) is 20.1 Å². The van der Waals surface area contributed by atoms with Crippen molar-refractivity contribution in [2.75, 3.05) is 11.9 Å². The first-order valence-electron chi connectivity index (χ1n) is 9.46. The Bertz CT molecular complexity index is 1090. The Morgan fingerprint density at radius 2 is 1.94 bits per heavy atom. The number of benzene rings is 1. The minimum atomic E-state index is -4.74. The zero-order chi connectivity index (χ0) is 23.5. The number of carbonyl (C=O) groups is 1. The molecule has 7 nitrogen and oxygen atoms in total. The van der Waals surface area contributed by atoms with E-state index in [1.807, 2.05) is 18.4 Å². The number of nitrogens with one attached hydrogen (secondary N) is 1. The molecule has 3 aromatic rings. The zero-order valence-corrected chi connectivity index (χ0v) is 20.3. The maximum Gasteiger partial charge on any atom is 0.573 e. The molecule has 0 aliphatic carbocycles. The van der Waals surface area contributed by atoms with Gasteiger partial charge in [-0.15, -0.1) is 36.9 Å². The van der Waals surface area contributed by atoms with Gasteiger partial charge in [-0.2, -0.15) is 5.10 Å². The second-order valence-corrected chi connectivity index (χ2v) is 10.1. The summed E-state index contributed by atoms with van der Waals surface area (Å²) in [5, 5.41) is 18.8. The van der Waals surface area contributed by atoms with E-state index in [1.165, 1.54) is 47.4 Å². The highest BCUT2D eigenvalue weighted by molar-refractivity contribution is 8.02. The summed E-state index contributed by atoms with van der Waals surface area (Å²) < 4.78 is 42.3. The van der Waals surface area contributed by atoms with Crippen LogP contribution >= 0.6 is 35.5 Å². The maximum atomic E-state index is 12.3. The van der Waals surface area contributed by atoms with E-state index in [9.17, 15) is 23.1 Å². The van der Waals surface area contributed by atoms with Gasteiger partial charge >= 0.3 is 12.3 Å². The molecule has 0 aliphatic heterocycles. The number of aryl methyl sites for hydroxylation is 1. The fraction of sp³-hybridized carbons (Fsp3) is 0.350. The molecule has 0 aliphatic rings. The van der Waals surface area contributed by atoms with Crippen LogP contribution in [0.25, 0.3) is 5.69 Å². The van der Waals surface area contributed by atoms with Gasteiger partial charge in [0.05, 0.1) is 17.1 Å². The zero-order valence-electron chi connectivity index (χ0n) is 17.8. The highest BCUT2D eigenvalue weighted by atomic mass is 35.5. The molecule has 180 valence electrons. The molecular formula is C20H22ClF3N4O3S2. The number of hydrogen-bond acceptors (Lipinski definition) is 7. The van der Waals surface area contributed by atoms with Gasteiger partial charge in [-0.3, -0.25) is 4.79 Å². The third-order valence-electron chi connectivity index (χ3n) is 4.22. The normalized spacial score (nSPS) is 11.7. The highest BCUT2D eigenvalue weighted by Gasteiger charge is 2.31. The van der Waals surface area contributed by atoms with Crippen LogP contribution in [0.5, 0.6) is 5.75 Å². The molecule has 2 heterocycles.